The van der Waals surface area contributed by atoms with Crippen molar-refractivity contribution < 1.29 is 0 Å². The largest absolute Gasteiger partial charge is 0.345 e. The Kier molecular flexibility index (Phi) is 4.42. The number of aryl methyl sites for hydroxylation is 1. The van der Waals surface area contributed by atoms with Crippen LogP contribution in [0, 0.1) is 6.92 Å². The lowest BCUT2D eigenvalue weighted by atomic mass is 9.98. The molecule has 0 unspecified atom stereocenters. The molecule has 4 heteroatoms. The second kappa shape index (κ2) is 7.08. The van der Waals surface area contributed by atoms with Crippen LogP contribution in [0.1, 0.15) is 22.3 Å². The van der Waals surface area contributed by atoms with Gasteiger partial charge < -0.3 is 10.3 Å². The number of H-pyrrole nitrogens is 1. The monoisotopic (exact) mass is 387 g/mol. The highest BCUT2D eigenvalue weighted by atomic mass is 35.5. The molecule has 4 aromatic rings. The van der Waals surface area contributed by atoms with Gasteiger partial charge in [-0.25, -0.2) is 4.98 Å². The van der Waals surface area contributed by atoms with E-state index in [1.165, 1.54) is 22.3 Å². The Bertz CT molecular complexity index is 1140. The molecule has 140 valence electrons. The molecule has 1 aliphatic rings. The second-order valence-corrected chi connectivity index (χ2v) is 8.00. The molecule has 1 aliphatic carbocycles. The first-order valence-electron chi connectivity index (χ1n) is 9.70. The van der Waals surface area contributed by atoms with Crippen LogP contribution in [-0.4, -0.2) is 16.0 Å². The van der Waals surface area contributed by atoms with E-state index in [1.54, 1.807) is 6.33 Å². The number of aromatic amines is 1. The molecule has 0 saturated carbocycles. The maximum atomic E-state index is 6.64. The number of aromatic nitrogens is 2. The fraction of sp³-hybridized carbons (Fsp3) is 0.208. The molecule has 0 amide bonds. The highest BCUT2D eigenvalue weighted by Crippen LogP contribution is 2.31. The number of halogens is 1. The van der Waals surface area contributed by atoms with Gasteiger partial charge in [0.1, 0.15) is 0 Å². The van der Waals surface area contributed by atoms with E-state index < -0.39 is 0 Å². The Morgan fingerprint density at radius 1 is 1.07 bits per heavy atom. The maximum absolute atomic E-state index is 6.64. The Morgan fingerprint density at radius 3 is 2.61 bits per heavy atom. The van der Waals surface area contributed by atoms with Gasteiger partial charge >= 0.3 is 0 Å². The summed E-state index contributed by atoms with van der Waals surface area (Å²) in [4.78, 5) is 7.60. The van der Waals surface area contributed by atoms with E-state index in [1.807, 2.05) is 0 Å². The van der Waals surface area contributed by atoms with E-state index in [2.05, 4.69) is 76.8 Å². The normalized spacial score (nSPS) is 13.9. The minimum Gasteiger partial charge on any atom is -0.345 e. The van der Waals surface area contributed by atoms with Gasteiger partial charge in [0, 0.05) is 17.6 Å². The standard InChI is InChI=1S/C24H22ClN3/c1-15-21(8-9-23-24(15)28-14-27-23)18-6-7-19(22(25)12-18)13-26-20-10-16-4-2-3-5-17(16)11-20/h2-9,12,14,20,26H,10-11,13H2,1H3,(H,27,28). The summed E-state index contributed by atoms with van der Waals surface area (Å²) < 4.78 is 0. The third-order valence-corrected chi connectivity index (χ3v) is 6.19. The van der Waals surface area contributed by atoms with Crippen molar-refractivity contribution in [1.29, 1.82) is 0 Å². The third kappa shape index (κ3) is 3.11. The quantitative estimate of drug-likeness (QED) is 0.489. The summed E-state index contributed by atoms with van der Waals surface area (Å²) in [5.74, 6) is 0. The number of nitrogens with zero attached hydrogens (tertiary/aromatic N) is 1. The van der Waals surface area contributed by atoms with Crippen LogP contribution in [0.25, 0.3) is 22.2 Å². The molecule has 1 aromatic heterocycles. The summed E-state index contributed by atoms with van der Waals surface area (Å²) in [5.41, 5.74) is 9.61. The van der Waals surface area contributed by atoms with Gasteiger partial charge in [-0.3, -0.25) is 0 Å². The minimum atomic E-state index is 0.484. The lowest BCUT2D eigenvalue weighted by Gasteiger charge is -2.14. The number of imidazole rings is 1. The van der Waals surface area contributed by atoms with Crippen molar-refractivity contribution in [3.63, 3.8) is 0 Å². The average Bonchev–Trinajstić information content (AvgIpc) is 3.34. The molecule has 2 N–H and O–H groups in total. The molecule has 3 nitrogen and oxygen atoms in total. The molecular formula is C24H22ClN3. The fourth-order valence-corrected chi connectivity index (χ4v) is 4.53. The molecule has 5 rings (SSSR count). The molecule has 3 aromatic carbocycles. The number of nitrogens with one attached hydrogen (secondary N) is 2. The van der Waals surface area contributed by atoms with Crippen molar-refractivity contribution >= 4 is 22.6 Å². The maximum Gasteiger partial charge on any atom is 0.0931 e. The summed E-state index contributed by atoms with van der Waals surface area (Å²) in [6, 6.07) is 19.8. The molecule has 0 spiro atoms. The summed E-state index contributed by atoms with van der Waals surface area (Å²) in [6.07, 6.45) is 3.92. The molecular weight excluding hydrogens is 366 g/mol. The van der Waals surface area contributed by atoms with E-state index in [4.69, 9.17) is 11.6 Å². The van der Waals surface area contributed by atoms with Crippen LogP contribution >= 0.6 is 11.6 Å². The Labute approximate surface area is 169 Å². The van der Waals surface area contributed by atoms with E-state index >= 15 is 0 Å². The molecule has 28 heavy (non-hydrogen) atoms. The van der Waals surface area contributed by atoms with Gasteiger partial charge in [-0.2, -0.15) is 0 Å². The van der Waals surface area contributed by atoms with Crippen LogP contribution in [0.4, 0.5) is 0 Å². The van der Waals surface area contributed by atoms with Gasteiger partial charge in [-0.15, -0.1) is 0 Å². The number of hydrogen-bond donors (Lipinski definition) is 2. The number of hydrogen-bond acceptors (Lipinski definition) is 2. The topological polar surface area (TPSA) is 40.7 Å². The Balaban J connectivity index is 1.33. The lowest BCUT2D eigenvalue weighted by Crippen LogP contribution is -2.29. The highest BCUT2D eigenvalue weighted by molar-refractivity contribution is 6.31. The summed E-state index contributed by atoms with van der Waals surface area (Å²) >= 11 is 6.64. The molecule has 0 saturated heterocycles. The fourth-order valence-electron chi connectivity index (χ4n) is 4.28. The summed E-state index contributed by atoms with van der Waals surface area (Å²) in [6.45, 7) is 2.90. The van der Waals surface area contributed by atoms with Gasteiger partial charge in [0.15, 0.2) is 0 Å². The zero-order valence-corrected chi connectivity index (χ0v) is 16.6. The van der Waals surface area contributed by atoms with Crippen molar-refractivity contribution in [3.05, 3.63) is 88.2 Å². The first-order chi connectivity index (χ1) is 13.7. The molecule has 0 bridgehead atoms. The third-order valence-electron chi connectivity index (χ3n) is 5.84. The van der Waals surface area contributed by atoms with Crippen molar-refractivity contribution in [1.82, 2.24) is 15.3 Å². The predicted molar refractivity (Wildman–Crippen MR) is 116 cm³/mol. The van der Waals surface area contributed by atoms with Crippen molar-refractivity contribution in [2.24, 2.45) is 0 Å². The van der Waals surface area contributed by atoms with Gasteiger partial charge in [0.2, 0.25) is 0 Å². The molecule has 0 fully saturated rings. The number of rotatable bonds is 4. The van der Waals surface area contributed by atoms with Crippen LogP contribution in [0.2, 0.25) is 5.02 Å². The molecule has 0 atom stereocenters. The van der Waals surface area contributed by atoms with E-state index in [0.717, 1.165) is 46.6 Å². The summed E-state index contributed by atoms with van der Waals surface area (Å²) in [5, 5.41) is 4.49. The second-order valence-electron chi connectivity index (χ2n) is 7.60. The predicted octanol–water partition coefficient (Wildman–Crippen LogP) is 5.45. The number of fused-ring (bicyclic) bond motifs is 2. The van der Waals surface area contributed by atoms with E-state index in [9.17, 15) is 0 Å². The van der Waals surface area contributed by atoms with E-state index in [-0.39, 0.29) is 0 Å². The Hall–Kier alpha value is -2.62. The minimum absolute atomic E-state index is 0.484. The number of benzene rings is 3. The van der Waals surface area contributed by atoms with Crippen LogP contribution in [0.5, 0.6) is 0 Å². The lowest BCUT2D eigenvalue weighted by molar-refractivity contribution is 0.533. The van der Waals surface area contributed by atoms with Crippen molar-refractivity contribution in [2.75, 3.05) is 0 Å². The first-order valence-corrected chi connectivity index (χ1v) is 10.1. The van der Waals surface area contributed by atoms with Crippen LogP contribution in [-0.2, 0) is 19.4 Å². The van der Waals surface area contributed by atoms with Gasteiger partial charge in [0.05, 0.1) is 17.4 Å². The Morgan fingerprint density at radius 2 is 1.86 bits per heavy atom. The highest BCUT2D eigenvalue weighted by Gasteiger charge is 2.20. The van der Waals surface area contributed by atoms with Crippen molar-refractivity contribution in [3.8, 4) is 11.1 Å². The van der Waals surface area contributed by atoms with Gasteiger partial charge in [-0.1, -0.05) is 54.1 Å². The van der Waals surface area contributed by atoms with Gasteiger partial charge in [-0.05, 0) is 65.3 Å². The van der Waals surface area contributed by atoms with Crippen LogP contribution in [0.3, 0.4) is 0 Å². The first kappa shape index (κ1) is 17.5. The van der Waals surface area contributed by atoms with Crippen LogP contribution in [0.15, 0.2) is 60.9 Å². The molecule has 1 heterocycles. The zero-order valence-electron chi connectivity index (χ0n) is 15.8. The summed E-state index contributed by atoms with van der Waals surface area (Å²) in [7, 11) is 0. The van der Waals surface area contributed by atoms with Gasteiger partial charge in [0.25, 0.3) is 0 Å². The van der Waals surface area contributed by atoms with Crippen LogP contribution < -0.4 is 5.32 Å². The van der Waals surface area contributed by atoms with Crippen molar-refractivity contribution in [2.45, 2.75) is 32.4 Å². The van der Waals surface area contributed by atoms with E-state index in [0.29, 0.717) is 6.04 Å². The smallest absolute Gasteiger partial charge is 0.0931 e. The SMILES string of the molecule is Cc1c(-c2ccc(CNC3Cc4ccccc4C3)c(Cl)c2)ccc2[nH]cnc12. The molecule has 0 aliphatic heterocycles. The zero-order chi connectivity index (χ0) is 19.1. The molecule has 0 radical (unpaired) electrons. The average molecular weight is 388 g/mol.